The van der Waals surface area contributed by atoms with E-state index in [1.54, 1.807) is 0 Å². The number of hydrogen-bond donors (Lipinski definition) is 1. The van der Waals surface area contributed by atoms with Crippen molar-refractivity contribution in [2.45, 2.75) is 45.2 Å². The van der Waals surface area contributed by atoms with E-state index < -0.39 is 0 Å². The molecular weight excluding hydrogens is 174 g/mol. The van der Waals surface area contributed by atoms with E-state index in [0.29, 0.717) is 6.04 Å². The molecule has 1 aliphatic carbocycles. The summed E-state index contributed by atoms with van der Waals surface area (Å²) in [7, 11) is 0. The maximum atomic E-state index is 5.90. The molecular formula is C11H19N3. The summed E-state index contributed by atoms with van der Waals surface area (Å²) < 4.78 is 2.27. The quantitative estimate of drug-likeness (QED) is 0.783. The van der Waals surface area contributed by atoms with Crippen LogP contribution in [0.25, 0.3) is 0 Å². The lowest BCUT2D eigenvalue weighted by Crippen LogP contribution is -2.14. The van der Waals surface area contributed by atoms with Crippen molar-refractivity contribution in [2.75, 3.05) is 0 Å². The Hall–Kier alpha value is -0.830. The molecule has 1 fully saturated rings. The Morgan fingerprint density at radius 3 is 2.93 bits per heavy atom. The first-order valence-corrected chi connectivity index (χ1v) is 5.45. The molecule has 0 amide bonds. The first-order chi connectivity index (χ1) is 6.68. The Labute approximate surface area is 85.3 Å². The topological polar surface area (TPSA) is 43.8 Å². The zero-order valence-corrected chi connectivity index (χ0v) is 8.98. The lowest BCUT2D eigenvalue weighted by Gasteiger charge is -2.17. The van der Waals surface area contributed by atoms with Gasteiger partial charge in [0.25, 0.3) is 0 Å². The van der Waals surface area contributed by atoms with Gasteiger partial charge in [0.1, 0.15) is 0 Å². The van der Waals surface area contributed by atoms with Gasteiger partial charge >= 0.3 is 0 Å². The Morgan fingerprint density at radius 1 is 1.57 bits per heavy atom. The molecule has 3 heteroatoms. The molecule has 1 aromatic rings. The number of imidazole rings is 1. The van der Waals surface area contributed by atoms with Crippen molar-refractivity contribution in [2.24, 2.45) is 11.7 Å². The number of aromatic nitrogens is 2. The Balaban J connectivity index is 2.19. The third-order valence-electron chi connectivity index (χ3n) is 3.22. The van der Waals surface area contributed by atoms with Crippen LogP contribution in [0.2, 0.25) is 0 Å². The molecule has 0 aromatic carbocycles. The fourth-order valence-corrected chi connectivity index (χ4v) is 2.40. The van der Waals surface area contributed by atoms with Crippen molar-refractivity contribution >= 4 is 0 Å². The lowest BCUT2D eigenvalue weighted by molar-refractivity contribution is 0.470. The molecule has 0 radical (unpaired) electrons. The zero-order chi connectivity index (χ0) is 10.1. The van der Waals surface area contributed by atoms with E-state index in [4.69, 9.17) is 5.73 Å². The Morgan fingerprint density at radius 2 is 2.36 bits per heavy atom. The van der Waals surface area contributed by atoms with Crippen LogP contribution in [-0.4, -0.2) is 9.55 Å². The fraction of sp³-hybridized carbons (Fsp3) is 0.727. The van der Waals surface area contributed by atoms with Gasteiger partial charge in [-0.1, -0.05) is 6.92 Å². The minimum Gasteiger partial charge on any atom is -0.330 e. The molecule has 2 rings (SSSR count). The summed E-state index contributed by atoms with van der Waals surface area (Å²) in [6.45, 7) is 4.34. The molecule has 0 aliphatic heterocycles. The SMILES string of the molecule is CC1CCC(n2cncc2C(C)N)C1. The second-order valence-electron chi connectivity index (χ2n) is 4.59. The van der Waals surface area contributed by atoms with Crippen molar-refractivity contribution in [3.63, 3.8) is 0 Å². The van der Waals surface area contributed by atoms with E-state index in [1.165, 1.54) is 25.0 Å². The molecule has 0 saturated heterocycles. The summed E-state index contributed by atoms with van der Waals surface area (Å²) in [6, 6.07) is 0.724. The molecule has 1 aromatic heterocycles. The number of hydrogen-bond acceptors (Lipinski definition) is 2. The minimum atomic E-state index is 0.0911. The van der Waals surface area contributed by atoms with Gasteiger partial charge in [-0.05, 0) is 32.1 Å². The highest BCUT2D eigenvalue weighted by atomic mass is 15.1. The van der Waals surface area contributed by atoms with Crippen LogP contribution >= 0.6 is 0 Å². The van der Waals surface area contributed by atoms with Gasteiger partial charge in [0.2, 0.25) is 0 Å². The predicted octanol–water partition coefficient (Wildman–Crippen LogP) is 2.26. The van der Waals surface area contributed by atoms with E-state index in [9.17, 15) is 0 Å². The third-order valence-corrected chi connectivity index (χ3v) is 3.22. The Bertz CT molecular complexity index is 303. The summed E-state index contributed by atoms with van der Waals surface area (Å²) in [6.07, 6.45) is 7.71. The molecule has 1 aliphatic rings. The van der Waals surface area contributed by atoms with Crippen LogP contribution in [0.3, 0.4) is 0 Å². The van der Waals surface area contributed by atoms with Crippen molar-refractivity contribution < 1.29 is 0 Å². The maximum absolute atomic E-state index is 5.90. The van der Waals surface area contributed by atoms with E-state index in [-0.39, 0.29) is 6.04 Å². The molecule has 14 heavy (non-hydrogen) atoms. The molecule has 0 bridgehead atoms. The second-order valence-corrected chi connectivity index (χ2v) is 4.59. The second kappa shape index (κ2) is 3.73. The minimum absolute atomic E-state index is 0.0911. The normalized spacial score (nSPS) is 29.4. The highest BCUT2D eigenvalue weighted by Gasteiger charge is 2.24. The van der Waals surface area contributed by atoms with Gasteiger partial charge in [0.15, 0.2) is 0 Å². The van der Waals surface area contributed by atoms with Crippen molar-refractivity contribution in [3.05, 3.63) is 18.2 Å². The summed E-state index contributed by atoms with van der Waals surface area (Å²) in [4.78, 5) is 4.20. The van der Waals surface area contributed by atoms with Crippen LogP contribution < -0.4 is 5.73 Å². The molecule has 3 nitrogen and oxygen atoms in total. The smallest absolute Gasteiger partial charge is 0.0951 e. The maximum Gasteiger partial charge on any atom is 0.0951 e. The van der Waals surface area contributed by atoms with Gasteiger partial charge in [-0.25, -0.2) is 4.98 Å². The highest BCUT2D eigenvalue weighted by Crippen LogP contribution is 2.35. The average Bonchev–Trinajstić information content (AvgIpc) is 2.70. The van der Waals surface area contributed by atoms with Crippen LogP contribution in [0, 0.1) is 5.92 Å². The summed E-state index contributed by atoms with van der Waals surface area (Å²) in [5.41, 5.74) is 7.07. The molecule has 3 unspecified atom stereocenters. The van der Waals surface area contributed by atoms with E-state index in [1.807, 2.05) is 19.4 Å². The van der Waals surface area contributed by atoms with E-state index in [2.05, 4.69) is 16.5 Å². The lowest BCUT2D eigenvalue weighted by atomic mass is 10.1. The molecule has 78 valence electrons. The third kappa shape index (κ3) is 1.69. The molecule has 0 spiro atoms. The number of nitrogens with zero attached hydrogens (tertiary/aromatic N) is 2. The first-order valence-electron chi connectivity index (χ1n) is 5.45. The summed E-state index contributed by atoms with van der Waals surface area (Å²) in [5, 5.41) is 0. The Kier molecular flexibility index (Phi) is 2.59. The average molecular weight is 193 g/mol. The van der Waals surface area contributed by atoms with Crippen molar-refractivity contribution in [3.8, 4) is 0 Å². The molecule has 1 saturated carbocycles. The van der Waals surface area contributed by atoms with Crippen LogP contribution in [0.1, 0.15) is 50.9 Å². The first kappa shape index (κ1) is 9.71. The van der Waals surface area contributed by atoms with Crippen molar-refractivity contribution in [1.29, 1.82) is 0 Å². The number of nitrogens with two attached hydrogens (primary N) is 1. The predicted molar refractivity (Wildman–Crippen MR) is 56.9 cm³/mol. The summed E-state index contributed by atoms with van der Waals surface area (Å²) >= 11 is 0. The van der Waals surface area contributed by atoms with Gasteiger partial charge in [-0.3, -0.25) is 0 Å². The van der Waals surface area contributed by atoms with Crippen LogP contribution in [0.15, 0.2) is 12.5 Å². The fourth-order valence-electron chi connectivity index (χ4n) is 2.40. The zero-order valence-electron chi connectivity index (χ0n) is 8.98. The van der Waals surface area contributed by atoms with E-state index in [0.717, 1.165) is 5.92 Å². The highest BCUT2D eigenvalue weighted by molar-refractivity contribution is 5.05. The van der Waals surface area contributed by atoms with Gasteiger partial charge in [0.05, 0.1) is 12.0 Å². The van der Waals surface area contributed by atoms with Crippen LogP contribution in [-0.2, 0) is 0 Å². The van der Waals surface area contributed by atoms with Crippen molar-refractivity contribution in [1.82, 2.24) is 9.55 Å². The number of rotatable bonds is 2. The van der Waals surface area contributed by atoms with Crippen LogP contribution in [0.5, 0.6) is 0 Å². The van der Waals surface area contributed by atoms with Crippen LogP contribution in [0.4, 0.5) is 0 Å². The van der Waals surface area contributed by atoms with Gasteiger partial charge in [-0.2, -0.15) is 0 Å². The molecule has 2 N–H and O–H groups in total. The molecule has 1 heterocycles. The van der Waals surface area contributed by atoms with E-state index >= 15 is 0 Å². The largest absolute Gasteiger partial charge is 0.330 e. The van der Waals surface area contributed by atoms with Gasteiger partial charge < -0.3 is 10.3 Å². The standard InChI is InChI=1S/C11H19N3/c1-8-3-4-10(5-8)14-7-13-6-11(14)9(2)12/h6-10H,3-5,12H2,1-2H3. The van der Waals surface area contributed by atoms with Gasteiger partial charge in [0, 0.05) is 18.3 Å². The summed E-state index contributed by atoms with van der Waals surface area (Å²) in [5.74, 6) is 0.850. The molecule has 3 atom stereocenters. The monoisotopic (exact) mass is 193 g/mol. The van der Waals surface area contributed by atoms with Gasteiger partial charge in [-0.15, -0.1) is 0 Å².